The van der Waals surface area contributed by atoms with Crippen LogP contribution in [-0.4, -0.2) is 4.57 Å². The lowest BCUT2D eigenvalue weighted by molar-refractivity contribution is 0.647. The summed E-state index contributed by atoms with van der Waals surface area (Å²) in [5.41, 5.74) is 11.2. The summed E-state index contributed by atoms with van der Waals surface area (Å²) in [6.45, 7) is 7.09. The van der Waals surface area contributed by atoms with Crippen LogP contribution in [0.4, 0.5) is 0 Å². The molecule has 5 aromatic carbocycles. The number of para-hydroxylation sites is 2. The highest BCUT2D eigenvalue weighted by Crippen LogP contribution is 2.56. The van der Waals surface area contributed by atoms with Gasteiger partial charge in [0.15, 0.2) is 0 Å². The van der Waals surface area contributed by atoms with E-state index in [9.17, 15) is 0 Å². The smallest absolute Gasteiger partial charge is 0.135 e. The molecule has 0 aliphatic heterocycles. The van der Waals surface area contributed by atoms with Crippen molar-refractivity contribution >= 4 is 49.9 Å². The van der Waals surface area contributed by atoms with Gasteiger partial charge in [0.25, 0.3) is 0 Å². The summed E-state index contributed by atoms with van der Waals surface area (Å²) in [5.74, 6) is 0.627. The molecule has 0 radical (unpaired) electrons. The molecule has 0 saturated heterocycles. The number of aromatic nitrogens is 1. The van der Waals surface area contributed by atoms with Gasteiger partial charge < -0.3 is 8.98 Å². The second-order valence-corrected chi connectivity index (χ2v) is 12.7. The molecule has 2 heterocycles. The van der Waals surface area contributed by atoms with E-state index >= 15 is 0 Å². The van der Waals surface area contributed by atoms with Crippen LogP contribution in [0.3, 0.4) is 0 Å². The van der Waals surface area contributed by atoms with Crippen LogP contribution in [0.5, 0.6) is 0 Å². The van der Waals surface area contributed by atoms with Gasteiger partial charge in [0.05, 0.1) is 11.0 Å². The van der Waals surface area contributed by atoms with Gasteiger partial charge in [0.2, 0.25) is 0 Å². The largest absolute Gasteiger partial charge is 0.456 e. The van der Waals surface area contributed by atoms with E-state index in [2.05, 4.69) is 141 Å². The van der Waals surface area contributed by atoms with E-state index in [4.69, 9.17) is 4.42 Å². The summed E-state index contributed by atoms with van der Waals surface area (Å²) in [4.78, 5) is 0. The predicted octanol–water partition coefficient (Wildman–Crippen LogP) is 10.4. The third kappa shape index (κ3) is 2.97. The number of hydrogen-bond donors (Lipinski definition) is 0. The highest BCUT2D eigenvalue weighted by Gasteiger charge is 2.50. The van der Waals surface area contributed by atoms with Crippen molar-refractivity contribution in [3.8, 4) is 11.1 Å². The fourth-order valence-corrected chi connectivity index (χ4v) is 7.81. The first-order chi connectivity index (χ1) is 20.0. The maximum atomic E-state index is 6.35. The molecule has 0 spiro atoms. The number of furan rings is 1. The molecule has 2 heteroatoms. The first-order valence-electron chi connectivity index (χ1n) is 14.7. The second-order valence-electron chi connectivity index (χ2n) is 12.7. The van der Waals surface area contributed by atoms with Gasteiger partial charge in [-0.05, 0) is 58.9 Å². The summed E-state index contributed by atoms with van der Waals surface area (Å²) in [5, 5.41) is 4.97. The van der Waals surface area contributed by atoms with E-state index in [0.29, 0.717) is 5.92 Å². The number of rotatable bonds is 3. The molecule has 7 aromatic rings. The SMILES string of the molecule is CC1C[C@@]1(/C=C/n1c2ccccc2c2ccc3c(c21)-c1cc2c(cc1C3(C)C)oc1ccccc12)c1ccccc1. The maximum Gasteiger partial charge on any atom is 0.135 e. The third-order valence-corrected chi connectivity index (χ3v) is 10.2. The van der Waals surface area contributed by atoms with E-state index in [1.54, 1.807) is 0 Å². The van der Waals surface area contributed by atoms with Crippen molar-refractivity contribution in [3.05, 3.63) is 126 Å². The van der Waals surface area contributed by atoms with E-state index in [0.717, 1.165) is 11.2 Å². The van der Waals surface area contributed by atoms with Crippen molar-refractivity contribution < 1.29 is 4.42 Å². The Morgan fingerprint density at radius 3 is 2.27 bits per heavy atom. The monoisotopic (exact) mass is 529 g/mol. The molecule has 1 unspecified atom stereocenters. The number of benzene rings is 5. The Labute approximate surface area is 239 Å². The van der Waals surface area contributed by atoms with Crippen LogP contribution in [0.2, 0.25) is 0 Å². The zero-order valence-electron chi connectivity index (χ0n) is 23.6. The van der Waals surface area contributed by atoms with Crippen LogP contribution < -0.4 is 0 Å². The fourth-order valence-electron chi connectivity index (χ4n) is 7.81. The average molecular weight is 530 g/mol. The van der Waals surface area contributed by atoms with E-state index in [-0.39, 0.29) is 10.8 Å². The van der Waals surface area contributed by atoms with Gasteiger partial charge in [-0.1, -0.05) is 106 Å². The Morgan fingerprint density at radius 1 is 0.732 bits per heavy atom. The van der Waals surface area contributed by atoms with Crippen LogP contribution >= 0.6 is 0 Å². The number of nitrogens with zero attached hydrogens (tertiary/aromatic N) is 1. The minimum atomic E-state index is -0.132. The molecule has 0 N–H and O–H groups in total. The number of hydrogen-bond acceptors (Lipinski definition) is 1. The van der Waals surface area contributed by atoms with Crippen molar-refractivity contribution in [2.45, 2.75) is 38.0 Å². The Bertz CT molecular complexity index is 2230. The fraction of sp³-hybridized carbons (Fsp3) is 0.179. The molecule has 9 rings (SSSR count). The van der Waals surface area contributed by atoms with Gasteiger partial charge in [-0.2, -0.15) is 0 Å². The molecule has 41 heavy (non-hydrogen) atoms. The van der Waals surface area contributed by atoms with E-state index < -0.39 is 0 Å². The zero-order chi connectivity index (χ0) is 27.5. The molecular formula is C39H31NO. The van der Waals surface area contributed by atoms with Gasteiger partial charge in [-0.15, -0.1) is 0 Å². The topological polar surface area (TPSA) is 18.1 Å². The molecule has 2 nitrogen and oxygen atoms in total. The summed E-state index contributed by atoms with van der Waals surface area (Å²) >= 11 is 0. The minimum absolute atomic E-state index is 0.0932. The molecule has 2 aliphatic carbocycles. The third-order valence-electron chi connectivity index (χ3n) is 10.2. The van der Waals surface area contributed by atoms with Crippen LogP contribution in [0.1, 0.15) is 43.9 Å². The molecule has 2 atom stereocenters. The van der Waals surface area contributed by atoms with Crippen molar-refractivity contribution in [2.24, 2.45) is 5.92 Å². The standard InChI is InChI=1S/C39H31NO/c1-24-23-39(24,25-11-5-4-6-12-25)19-20-40-33-15-9-7-13-26(33)28-17-18-31-36(37(28)40)30-21-29-27-14-8-10-16-34(27)41-35(29)22-32(30)38(31,2)3/h4-22,24H,23H2,1-3H3/b20-19+/t24?,39-/m1/s1. The number of allylic oxidation sites excluding steroid dienone is 1. The summed E-state index contributed by atoms with van der Waals surface area (Å²) < 4.78 is 8.82. The zero-order valence-corrected chi connectivity index (χ0v) is 23.6. The van der Waals surface area contributed by atoms with Crippen LogP contribution in [0.15, 0.2) is 114 Å². The quantitative estimate of drug-likeness (QED) is 0.223. The van der Waals surface area contributed by atoms with Gasteiger partial charge in [0, 0.05) is 44.1 Å². The van der Waals surface area contributed by atoms with Crippen molar-refractivity contribution in [1.29, 1.82) is 0 Å². The molecule has 0 amide bonds. The van der Waals surface area contributed by atoms with Gasteiger partial charge in [-0.3, -0.25) is 0 Å². The molecule has 0 bridgehead atoms. The number of fused-ring (bicyclic) bond motifs is 10. The first kappa shape index (κ1) is 23.2. The van der Waals surface area contributed by atoms with Crippen molar-refractivity contribution in [1.82, 2.24) is 4.57 Å². The predicted molar refractivity (Wildman–Crippen MR) is 172 cm³/mol. The maximum absolute atomic E-state index is 6.35. The van der Waals surface area contributed by atoms with Crippen molar-refractivity contribution in [2.75, 3.05) is 0 Å². The summed E-state index contributed by atoms with van der Waals surface area (Å²) in [6, 6.07) is 37.7. The Morgan fingerprint density at radius 2 is 1.46 bits per heavy atom. The lowest BCUT2D eigenvalue weighted by Crippen LogP contribution is -2.14. The molecule has 1 fully saturated rings. The Kier molecular flexibility index (Phi) is 4.41. The molecular weight excluding hydrogens is 498 g/mol. The second kappa shape index (κ2) is 7.79. The highest BCUT2D eigenvalue weighted by atomic mass is 16.3. The van der Waals surface area contributed by atoms with Gasteiger partial charge in [0.1, 0.15) is 11.2 Å². The lowest BCUT2D eigenvalue weighted by Gasteiger charge is -2.21. The van der Waals surface area contributed by atoms with Crippen LogP contribution in [-0.2, 0) is 10.8 Å². The molecule has 198 valence electrons. The average Bonchev–Trinajstić information content (AvgIpc) is 3.27. The van der Waals surface area contributed by atoms with Crippen molar-refractivity contribution in [3.63, 3.8) is 0 Å². The van der Waals surface area contributed by atoms with Crippen LogP contribution in [0.25, 0.3) is 61.1 Å². The van der Waals surface area contributed by atoms with Gasteiger partial charge >= 0.3 is 0 Å². The summed E-state index contributed by atoms with van der Waals surface area (Å²) in [7, 11) is 0. The normalized spacial score (nSPS) is 20.9. The van der Waals surface area contributed by atoms with Gasteiger partial charge in [-0.25, -0.2) is 0 Å². The van der Waals surface area contributed by atoms with E-state index in [1.807, 2.05) is 0 Å². The Balaban J connectivity index is 1.36. The minimum Gasteiger partial charge on any atom is -0.456 e. The summed E-state index contributed by atoms with van der Waals surface area (Å²) in [6.07, 6.45) is 6.04. The highest BCUT2D eigenvalue weighted by molar-refractivity contribution is 6.17. The Hall–Kier alpha value is -4.56. The first-order valence-corrected chi connectivity index (χ1v) is 14.7. The molecule has 1 saturated carbocycles. The molecule has 2 aromatic heterocycles. The van der Waals surface area contributed by atoms with E-state index in [1.165, 1.54) is 66.8 Å². The lowest BCUT2D eigenvalue weighted by atomic mass is 9.82. The van der Waals surface area contributed by atoms with Crippen LogP contribution in [0, 0.1) is 5.92 Å². The molecule has 2 aliphatic rings.